The second kappa shape index (κ2) is 26.7. The summed E-state index contributed by atoms with van der Waals surface area (Å²) >= 11 is 0. The Kier molecular flexibility index (Phi) is 22.6. The molecule has 21 nitrogen and oxygen atoms in total. The molecular weight excluding hydrogens is 873 g/mol. The van der Waals surface area contributed by atoms with Crippen LogP contribution in [-0.4, -0.2) is 129 Å². The number of hydrogen-bond donors (Lipinski definition) is 9. The number of rotatable bonds is 26. The molecule has 67 heavy (non-hydrogen) atoms. The number of benzene rings is 1. The third-order valence-electron chi connectivity index (χ3n) is 11.4. The average molecular weight is 943 g/mol. The summed E-state index contributed by atoms with van der Waals surface area (Å²) in [6.07, 6.45) is -0.332. The molecule has 372 valence electrons. The van der Waals surface area contributed by atoms with Gasteiger partial charge in [0.05, 0.1) is 12.5 Å². The lowest BCUT2D eigenvalue weighted by molar-refractivity contribution is -0.142. The fourth-order valence-electron chi connectivity index (χ4n) is 7.48. The van der Waals surface area contributed by atoms with Crippen molar-refractivity contribution >= 4 is 65.0 Å². The number of nitrogens with zero attached hydrogens (tertiary/aromatic N) is 1. The Hall–Kier alpha value is -6.41. The van der Waals surface area contributed by atoms with Gasteiger partial charge in [-0.3, -0.25) is 52.7 Å². The molecule has 1 aliphatic rings. The number of carbonyl (C=O) groups excluding carboxylic acids is 9. The molecule has 1 unspecified atom stereocenters. The van der Waals surface area contributed by atoms with Crippen molar-refractivity contribution in [2.45, 2.75) is 156 Å². The fraction of sp³-hybridized carbons (Fsp3) is 0.630. The van der Waals surface area contributed by atoms with Crippen LogP contribution in [0.5, 0.6) is 0 Å². The molecule has 1 fully saturated rings. The molecule has 1 saturated heterocycles. The minimum atomic E-state index is -1.69. The van der Waals surface area contributed by atoms with Gasteiger partial charge < -0.3 is 52.7 Å². The van der Waals surface area contributed by atoms with Gasteiger partial charge in [0.25, 0.3) is 5.91 Å². The summed E-state index contributed by atoms with van der Waals surface area (Å²) in [5.74, 6) is -11.2. The summed E-state index contributed by atoms with van der Waals surface area (Å²) < 4.78 is 0. The van der Waals surface area contributed by atoms with Gasteiger partial charge in [0, 0.05) is 38.8 Å². The van der Waals surface area contributed by atoms with E-state index in [0.29, 0.717) is 18.4 Å². The van der Waals surface area contributed by atoms with Crippen LogP contribution in [-0.2, 0) is 59.2 Å². The number of nitrogens with two attached hydrogens (primary N) is 1. The van der Waals surface area contributed by atoms with Gasteiger partial charge in [0.1, 0.15) is 30.2 Å². The first kappa shape index (κ1) is 56.7. The van der Waals surface area contributed by atoms with Crippen LogP contribution in [0.4, 0.5) is 0 Å². The van der Waals surface area contributed by atoms with Crippen molar-refractivity contribution < 1.29 is 63.0 Å². The molecule has 0 saturated carbocycles. The number of carboxylic acids is 2. The number of likely N-dealkylation sites (tertiary alicyclic amines) is 1. The average Bonchev–Trinajstić information content (AvgIpc) is 3.24. The molecule has 8 amide bonds. The van der Waals surface area contributed by atoms with Crippen molar-refractivity contribution in [3.8, 4) is 0 Å². The number of aliphatic carboxylic acids is 2. The fourth-order valence-corrected chi connectivity index (χ4v) is 7.48. The van der Waals surface area contributed by atoms with E-state index in [1.54, 1.807) is 70.7 Å². The van der Waals surface area contributed by atoms with E-state index < -0.39 is 126 Å². The Morgan fingerprint density at radius 1 is 0.716 bits per heavy atom. The third-order valence-corrected chi connectivity index (χ3v) is 11.4. The monoisotopic (exact) mass is 943 g/mol. The Balaban J connectivity index is 2.47. The van der Waals surface area contributed by atoms with Crippen molar-refractivity contribution in [1.82, 2.24) is 36.8 Å². The smallest absolute Gasteiger partial charge is 0.305 e. The van der Waals surface area contributed by atoms with E-state index in [1.807, 2.05) is 6.92 Å². The number of primary amides is 1. The van der Waals surface area contributed by atoms with Crippen molar-refractivity contribution in [3.63, 3.8) is 0 Å². The normalized spacial score (nSPS) is 15.6. The number of carbonyl (C=O) groups is 11. The zero-order valence-electron chi connectivity index (χ0n) is 39.8. The highest BCUT2D eigenvalue weighted by atomic mass is 16.4. The maximum Gasteiger partial charge on any atom is 0.305 e. The maximum atomic E-state index is 14.4. The van der Waals surface area contributed by atoms with Gasteiger partial charge in [-0.1, -0.05) is 78.6 Å². The van der Waals surface area contributed by atoms with Crippen LogP contribution >= 0.6 is 0 Å². The van der Waals surface area contributed by atoms with Crippen LogP contribution in [0.3, 0.4) is 0 Å². The van der Waals surface area contributed by atoms with Crippen LogP contribution in [0.25, 0.3) is 0 Å². The molecule has 0 radical (unpaired) electrons. The van der Waals surface area contributed by atoms with Crippen molar-refractivity contribution in [2.24, 2.45) is 23.0 Å². The molecule has 1 aromatic rings. The van der Waals surface area contributed by atoms with E-state index >= 15 is 0 Å². The molecule has 6 atom stereocenters. The van der Waals surface area contributed by atoms with E-state index in [4.69, 9.17) is 5.73 Å². The van der Waals surface area contributed by atoms with E-state index in [2.05, 4.69) is 31.9 Å². The van der Waals surface area contributed by atoms with Crippen LogP contribution in [0.1, 0.15) is 117 Å². The summed E-state index contributed by atoms with van der Waals surface area (Å²) in [5, 5.41) is 34.5. The lowest BCUT2D eigenvalue weighted by Gasteiger charge is -2.34. The van der Waals surface area contributed by atoms with Crippen molar-refractivity contribution in [1.29, 1.82) is 0 Å². The third kappa shape index (κ3) is 19.1. The number of carboxylic acid groups (broad SMARTS) is 2. The molecule has 1 aromatic carbocycles. The molecule has 1 heterocycles. The summed E-state index contributed by atoms with van der Waals surface area (Å²) in [6.45, 7) is 14.1. The number of amides is 8. The number of hydrogen-bond acceptors (Lipinski definition) is 11. The molecule has 2 rings (SSSR count). The SMILES string of the molecule is CCCCC(NC(=O)[C@H](CC(C)C)NC(=O)[C@@H](NC(=O)[C@H](Cc1ccccc1C)NC(=O)[C@H](CCC(=O)O)NC(=O)[C@H](CC(=O)O)NC(=O)C1CCN(C(C)=O)CC1)C(C)(C)C)C(=O)C(N)=O. The van der Waals surface area contributed by atoms with Gasteiger partial charge in [-0.15, -0.1) is 0 Å². The van der Waals surface area contributed by atoms with Crippen LogP contribution < -0.4 is 37.6 Å². The van der Waals surface area contributed by atoms with Gasteiger partial charge in [-0.25, -0.2) is 0 Å². The predicted molar refractivity (Wildman–Crippen MR) is 243 cm³/mol. The molecule has 1 aliphatic heterocycles. The van der Waals surface area contributed by atoms with E-state index in [9.17, 15) is 63.0 Å². The van der Waals surface area contributed by atoms with Gasteiger partial charge in [-0.2, -0.15) is 0 Å². The molecule has 0 spiro atoms. The first-order valence-corrected chi connectivity index (χ1v) is 22.6. The number of ketones is 1. The number of unbranched alkanes of at least 4 members (excludes halogenated alkanes) is 1. The second-order valence-electron chi connectivity index (χ2n) is 18.6. The summed E-state index contributed by atoms with van der Waals surface area (Å²) in [5.41, 5.74) is 5.54. The molecule has 21 heteroatoms. The van der Waals surface area contributed by atoms with E-state index in [1.165, 1.54) is 6.92 Å². The predicted octanol–water partition coefficient (Wildman–Crippen LogP) is 0.381. The van der Waals surface area contributed by atoms with Gasteiger partial charge in [-0.05, 0) is 61.5 Å². The summed E-state index contributed by atoms with van der Waals surface area (Å²) in [6, 6.07) is -1.72. The summed E-state index contributed by atoms with van der Waals surface area (Å²) in [7, 11) is 0. The van der Waals surface area contributed by atoms with E-state index in [0.717, 1.165) is 5.56 Å². The second-order valence-corrected chi connectivity index (χ2v) is 18.6. The Morgan fingerprint density at radius 3 is 1.78 bits per heavy atom. The number of piperidine rings is 1. The van der Waals surface area contributed by atoms with Crippen LogP contribution in [0, 0.1) is 24.2 Å². The van der Waals surface area contributed by atoms with Gasteiger partial charge in [0.15, 0.2) is 0 Å². The van der Waals surface area contributed by atoms with Crippen LogP contribution in [0.15, 0.2) is 24.3 Å². The zero-order chi connectivity index (χ0) is 50.8. The highest BCUT2D eigenvalue weighted by Crippen LogP contribution is 2.22. The van der Waals surface area contributed by atoms with Crippen molar-refractivity contribution in [2.75, 3.05) is 13.1 Å². The minimum Gasteiger partial charge on any atom is -0.481 e. The molecular formula is C46H70N8O13. The number of nitrogens with one attached hydrogen (secondary N) is 6. The Bertz CT molecular complexity index is 1980. The standard InChI is InChI=1S/C46H70N8O13/c1-9-10-15-30(37(60)39(47)61)48-42(64)32(22-25(2)3)52-45(67)38(46(6,7)8)53-44(66)33(23-29-14-12-11-13-26(29)4)51-41(63)31(16-17-35(56)57)49-43(65)34(24-36(58)59)50-40(62)28-18-20-54(21-19-28)27(5)55/h11-14,25,28,30-34,38H,9-10,15-24H2,1-8H3,(H2,47,61)(H,48,64)(H,49,65)(H,50,62)(H,51,63)(H,52,67)(H,53,66)(H,56,57)(H,58,59)/t30?,31-,32-,33-,34-,38+/m0/s1. The highest BCUT2D eigenvalue weighted by Gasteiger charge is 2.39. The topological polar surface area (TPSA) is 330 Å². The van der Waals surface area contributed by atoms with Gasteiger partial charge in [0.2, 0.25) is 47.1 Å². The lowest BCUT2D eigenvalue weighted by Crippen LogP contribution is -2.62. The van der Waals surface area contributed by atoms with Gasteiger partial charge >= 0.3 is 11.9 Å². The van der Waals surface area contributed by atoms with Crippen LogP contribution in [0.2, 0.25) is 0 Å². The Labute approximate surface area is 391 Å². The lowest BCUT2D eigenvalue weighted by atomic mass is 9.85. The first-order chi connectivity index (χ1) is 31.2. The zero-order valence-corrected chi connectivity index (χ0v) is 39.8. The molecule has 0 aromatic heterocycles. The number of aryl methyl sites for hydroxylation is 1. The first-order valence-electron chi connectivity index (χ1n) is 22.6. The minimum absolute atomic E-state index is 0.0977. The highest BCUT2D eigenvalue weighted by molar-refractivity contribution is 6.37. The molecule has 10 N–H and O–H groups in total. The van der Waals surface area contributed by atoms with Crippen molar-refractivity contribution in [3.05, 3.63) is 35.4 Å². The molecule has 0 bridgehead atoms. The number of Topliss-reactive ketones (excluding diaryl/α,β-unsaturated/α-hetero) is 1. The largest absolute Gasteiger partial charge is 0.481 e. The Morgan fingerprint density at radius 2 is 1.25 bits per heavy atom. The quantitative estimate of drug-likeness (QED) is 0.0569. The van der Waals surface area contributed by atoms with E-state index in [-0.39, 0.29) is 57.0 Å². The summed E-state index contributed by atoms with van der Waals surface area (Å²) in [4.78, 5) is 145. The maximum absolute atomic E-state index is 14.4. The molecule has 0 aliphatic carbocycles.